The zero-order valence-electron chi connectivity index (χ0n) is 7.83. The Labute approximate surface area is 87.9 Å². The fraction of sp³-hybridized carbons (Fsp3) is 0.556. The largest absolute Gasteiger partial charge is 0.368 e. The van der Waals surface area contributed by atoms with Crippen molar-refractivity contribution in [2.45, 2.75) is 18.8 Å². The summed E-state index contributed by atoms with van der Waals surface area (Å²) >= 11 is 6.01. The lowest BCUT2D eigenvalue weighted by molar-refractivity contribution is 0.459. The van der Waals surface area contributed by atoms with Crippen molar-refractivity contribution in [1.29, 1.82) is 0 Å². The van der Waals surface area contributed by atoms with Crippen molar-refractivity contribution in [3.63, 3.8) is 0 Å². The fourth-order valence-corrected chi connectivity index (χ4v) is 2.08. The van der Waals surface area contributed by atoms with Crippen molar-refractivity contribution < 1.29 is 0 Å². The first-order valence-corrected chi connectivity index (χ1v) is 5.14. The number of nitrogen functional groups attached to an aromatic ring is 1. The molecule has 0 aromatic carbocycles. The van der Waals surface area contributed by atoms with E-state index in [0.29, 0.717) is 11.1 Å². The van der Waals surface area contributed by atoms with E-state index >= 15 is 0 Å². The van der Waals surface area contributed by atoms with Gasteiger partial charge >= 0.3 is 0 Å². The van der Waals surface area contributed by atoms with Crippen molar-refractivity contribution in [3.05, 3.63) is 16.9 Å². The van der Waals surface area contributed by atoms with Gasteiger partial charge in [0.2, 0.25) is 5.95 Å². The van der Waals surface area contributed by atoms with E-state index in [1.165, 1.54) is 0 Å². The molecular formula is C9H13ClN4. The van der Waals surface area contributed by atoms with Crippen LogP contribution in [0.25, 0.3) is 0 Å². The van der Waals surface area contributed by atoms with Crippen LogP contribution in [0.3, 0.4) is 0 Å². The Kier molecular flexibility index (Phi) is 2.84. The van der Waals surface area contributed by atoms with Gasteiger partial charge in [0.25, 0.3) is 0 Å². The Balaban J connectivity index is 2.22. The number of hydrogen-bond donors (Lipinski definition) is 2. The van der Waals surface area contributed by atoms with E-state index in [1.807, 2.05) is 0 Å². The van der Waals surface area contributed by atoms with E-state index in [2.05, 4.69) is 15.3 Å². The van der Waals surface area contributed by atoms with Crippen molar-refractivity contribution in [2.24, 2.45) is 0 Å². The molecular weight excluding hydrogens is 200 g/mol. The van der Waals surface area contributed by atoms with Crippen molar-refractivity contribution in [3.8, 4) is 0 Å². The lowest BCUT2D eigenvalue weighted by atomic mass is 9.92. The highest BCUT2D eigenvalue weighted by atomic mass is 35.5. The van der Waals surface area contributed by atoms with Gasteiger partial charge in [-0.15, -0.1) is 0 Å². The monoisotopic (exact) mass is 212 g/mol. The SMILES string of the molecule is Nc1ncc(C2CCNCC2)c(Cl)n1. The van der Waals surface area contributed by atoms with Crippen LogP contribution in [0, 0.1) is 0 Å². The summed E-state index contributed by atoms with van der Waals surface area (Å²) in [7, 11) is 0. The maximum Gasteiger partial charge on any atom is 0.221 e. The second-order valence-corrected chi connectivity index (χ2v) is 3.86. The average molecular weight is 213 g/mol. The average Bonchev–Trinajstić information content (AvgIpc) is 2.19. The number of anilines is 1. The van der Waals surface area contributed by atoms with E-state index in [-0.39, 0.29) is 5.95 Å². The van der Waals surface area contributed by atoms with Gasteiger partial charge in [-0.25, -0.2) is 9.97 Å². The highest BCUT2D eigenvalue weighted by molar-refractivity contribution is 6.30. The van der Waals surface area contributed by atoms with Gasteiger partial charge in [0, 0.05) is 11.8 Å². The summed E-state index contributed by atoms with van der Waals surface area (Å²) < 4.78 is 0. The van der Waals surface area contributed by atoms with E-state index in [4.69, 9.17) is 17.3 Å². The standard InChI is InChI=1S/C9H13ClN4/c10-8-7(5-13-9(11)14-8)6-1-3-12-4-2-6/h5-6,12H,1-4H2,(H2,11,13,14). The first-order chi connectivity index (χ1) is 6.77. The lowest BCUT2D eigenvalue weighted by Gasteiger charge is -2.22. The lowest BCUT2D eigenvalue weighted by Crippen LogP contribution is -2.27. The third-order valence-electron chi connectivity index (χ3n) is 2.57. The van der Waals surface area contributed by atoms with Crippen LogP contribution in [0.15, 0.2) is 6.20 Å². The molecule has 0 aliphatic carbocycles. The van der Waals surface area contributed by atoms with Crippen LogP contribution in [-0.4, -0.2) is 23.1 Å². The second-order valence-electron chi connectivity index (χ2n) is 3.50. The van der Waals surface area contributed by atoms with Gasteiger partial charge in [0.05, 0.1) is 0 Å². The van der Waals surface area contributed by atoms with Crippen LogP contribution in [0.1, 0.15) is 24.3 Å². The maximum atomic E-state index is 6.01. The van der Waals surface area contributed by atoms with E-state index < -0.39 is 0 Å². The molecule has 0 atom stereocenters. The molecule has 0 radical (unpaired) electrons. The summed E-state index contributed by atoms with van der Waals surface area (Å²) in [5, 5.41) is 3.81. The molecule has 1 fully saturated rings. The molecule has 2 heterocycles. The zero-order valence-corrected chi connectivity index (χ0v) is 8.59. The van der Waals surface area contributed by atoms with Gasteiger partial charge in [0.1, 0.15) is 5.15 Å². The smallest absolute Gasteiger partial charge is 0.221 e. The maximum absolute atomic E-state index is 6.01. The molecule has 0 spiro atoms. The molecule has 76 valence electrons. The number of aromatic nitrogens is 2. The van der Waals surface area contributed by atoms with Crippen LogP contribution < -0.4 is 11.1 Å². The first kappa shape index (κ1) is 9.68. The van der Waals surface area contributed by atoms with E-state index in [9.17, 15) is 0 Å². The summed E-state index contributed by atoms with van der Waals surface area (Å²) in [6.07, 6.45) is 3.93. The molecule has 3 N–H and O–H groups in total. The molecule has 0 bridgehead atoms. The highest BCUT2D eigenvalue weighted by Gasteiger charge is 2.18. The molecule has 1 aromatic rings. The Morgan fingerprint density at radius 1 is 1.43 bits per heavy atom. The molecule has 5 heteroatoms. The van der Waals surface area contributed by atoms with Gasteiger partial charge in [-0.3, -0.25) is 0 Å². The van der Waals surface area contributed by atoms with Gasteiger partial charge in [-0.05, 0) is 31.8 Å². The Hall–Kier alpha value is -0.870. The number of halogens is 1. The summed E-state index contributed by atoms with van der Waals surface area (Å²) in [4.78, 5) is 7.94. The predicted octanol–water partition coefficient (Wildman–Crippen LogP) is 1.18. The number of hydrogen-bond acceptors (Lipinski definition) is 4. The van der Waals surface area contributed by atoms with Gasteiger partial charge in [-0.1, -0.05) is 11.6 Å². The Morgan fingerprint density at radius 3 is 2.79 bits per heavy atom. The van der Waals surface area contributed by atoms with Gasteiger partial charge in [0.15, 0.2) is 0 Å². The molecule has 1 aromatic heterocycles. The van der Waals surface area contributed by atoms with Crippen LogP contribution >= 0.6 is 11.6 Å². The van der Waals surface area contributed by atoms with Crippen LogP contribution in [0.4, 0.5) is 5.95 Å². The predicted molar refractivity (Wildman–Crippen MR) is 56.3 cm³/mol. The number of nitrogens with two attached hydrogens (primary N) is 1. The normalized spacial score (nSPS) is 18.4. The number of piperidine rings is 1. The molecule has 4 nitrogen and oxygen atoms in total. The third-order valence-corrected chi connectivity index (χ3v) is 2.87. The fourth-order valence-electron chi connectivity index (χ4n) is 1.79. The van der Waals surface area contributed by atoms with Crippen molar-refractivity contribution in [1.82, 2.24) is 15.3 Å². The Morgan fingerprint density at radius 2 is 2.14 bits per heavy atom. The Bertz CT molecular complexity index is 323. The summed E-state index contributed by atoms with van der Waals surface area (Å²) in [5.41, 5.74) is 6.47. The topological polar surface area (TPSA) is 63.8 Å². The molecule has 0 unspecified atom stereocenters. The summed E-state index contributed by atoms with van der Waals surface area (Å²) in [6.45, 7) is 2.07. The second kappa shape index (κ2) is 4.11. The molecule has 1 aliphatic heterocycles. The third kappa shape index (κ3) is 1.96. The number of rotatable bonds is 1. The van der Waals surface area contributed by atoms with Gasteiger partial charge in [-0.2, -0.15) is 0 Å². The van der Waals surface area contributed by atoms with Crippen LogP contribution in [0.5, 0.6) is 0 Å². The van der Waals surface area contributed by atoms with Gasteiger partial charge < -0.3 is 11.1 Å². The van der Waals surface area contributed by atoms with Crippen molar-refractivity contribution >= 4 is 17.5 Å². The molecule has 0 amide bonds. The van der Waals surface area contributed by atoms with Crippen LogP contribution in [-0.2, 0) is 0 Å². The molecule has 1 aliphatic rings. The zero-order chi connectivity index (χ0) is 9.97. The number of nitrogens with one attached hydrogen (secondary N) is 1. The minimum Gasteiger partial charge on any atom is -0.368 e. The summed E-state index contributed by atoms with van der Waals surface area (Å²) in [5.74, 6) is 0.719. The quantitative estimate of drug-likeness (QED) is 0.687. The summed E-state index contributed by atoms with van der Waals surface area (Å²) in [6, 6.07) is 0. The highest BCUT2D eigenvalue weighted by Crippen LogP contribution is 2.29. The molecule has 0 saturated carbocycles. The van der Waals surface area contributed by atoms with Crippen LogP contribution in [0.2, 0.25) is 5.15 Å². The van der Waals surface area contributed by atoms with Crippen molar-refractivity contribution in [2.75, 3.05) is 18.8 Å². The molecule has 14 heavy (non-hydrogen) atoms. The van der Waals surface area contributed by atoms with E-state index in [0.717, 1.165) is 31.5 Å². The first-order valence-electron chi connectivity index (χ1n) is 4.76. The minimum absolute atomic E-state index is 0.243. The molecule has 1 saturated heterocycles. The van der Waals surface area contributed by atoms with E-state index in [1.54, 1.807) is 6.20 Å². The minimum atomic E-state index is 0.243. The number of nitrogens with zero attached hydrogens (tertiary/aromatic N) is 2. The molecule has 2 rings (SSSR count).